The Bertz CT molecular complexity index is 1570. The van der Waals surface area contributed by atoms with Crippen LogP contribution in [0.15, 0.2) is 103 Å². The summed E-state index contributed by atoms with van der Waals surface area (Å²) in [7, 11) is 0. The van der Waals surface area contributed by atoms with Crippen LogP contribution >= 0.6 is 11.6 Å². The highest BCUT2D eigenvalue weighted by atomic mass is 35.5. The number of carbonyl (C=O) groups excluding carboxylic acids is 1. The standard InChI is InChI=1S/C31H28ClN5O/c1-22-27-21-36(31(38)33-18-17-23-10-4-2-5-11-23)29(24-12-8-13-25(32)20-24)28-16-9-19-35(28)30(27)37(34-22)26-14-6-3-7-15-26/h2-16,19-20,29H,17-18,21H2,1H3,(H,33,38)/t29-/m1/s1. The zero-order valence-corrected chi connectivity index (χ0v) is 21.8. The molecule has 0 saturated carbocycles. The van der Waals surface area contributed by atoms with Gasteiger partial charge in [0, 0.05) is 23.3 Å². The molecule has 1 N–H and O–H groups in total. The molecular formula is C31H28ClN5O. The molecule has 0 aliphatic carbocycles. The Hall–Kier alpha value is -4.29. The first kappa shape index (κ1) is 24.1. The maximum Gasteiger partial charge on any atom is 0.318 e. The average Bonchev–Trinajstić information content (AvgIpc) is 3.50. The number of aromatic nitrogens is 3. The average molecular weight is 522 g/mol. The Morgan fingerprint density at radius 2 is 1.74 bits per heavy atom. The maximum absolute atomic E-state index is 13.9. The molecule has 0 fully saturated rings. The van der Waals surface area contributed by atoms with Crippen molar-refractivity contribution in [1.29, 1.82) is 0 Å². The van der Waals surface area contributed by atoms with Gasteiger partial charge < -0.3 is 14.8 Å². The minimum absolute atomic E-state index is 0.127. The van der Waals surface area contributed by atoms with Gasteiger partial charge in [-0.1, -0.05) is 72.3 Å². The number of nitrogens with zero attached hydrogens (tertiary/aromatic N) is 4. The second kappa shape index (κ2) is 10.2. The van der Waals surface area contributed by atoms with Crippen LogP contribution in [0, 0.1) is 6.92 Å². The van der Waals surface area contributed by atoms with Crippen LogP contribution in [0.2, 0.25) is 5.02 Å². The van der Waals surface area contributed by atoms with Gasteiger partial charge in [-0.2, -0.15) is 5.10 Å². The van der Waals surface area contributed by atoms with E-state index in [1.165, 1.54) is 5.56 Å². The summed E-state index contributed by atoms with van der Waals surface area (Å²) in [6.07, 6.45) is 2.80. The van der Waals surface area contributed by atoms with Crippen LogP contribution in [0.5, 0.6) is 0 Å². The lowest BCUT2D eigenvalue weighted by Gasteiger charge is -2.31. The molecule has 0 radical (unpaired) electrons. The summed E-state index contributed by atoms with van der Waals surface area (Å²) < 4.78 is 4.13. The van der Waals surface area contributed by atoms with Gasteiger partial charge in [-0.05, 0) is 60.9 Å². The molecule has 190 valence electrons. The predicted octanol–water partition coefficient (Wildman–Crippen LogP) is 6.48. The first-order chi connectivity index (χ1) is 18.6. The Balaban J connectivity index is 1.44. The van der Waals surface area contributed by atoms with E-state index in [9.17, 15) is 4.79 Å². The quantitative estimate of drug-likeness (QED) is 0.288. The van der Waals surface area contributed by atoms with Gasteiger partial charge in [-0.25, -0.2) is 9.48 Å². The van der Waals surface area contributed by atoms with Crippen molar-refractivity contribution in [2.24, 2.45) is 0 Å². The molecule has 0 saturated heterocycles. The molecule has 3 heterocycles. The Morgan fingerprint density at radius 3 is 2.50 bits per heavy atom. The molecular weight excluding hydrogens is 494 g/mol. The number of urea groups is 1. The number of halogens is 1. The zero-order valence-electron chi connectivity index (χ0n) is 21.1. The van der Waals surface area contributed by atoms with Gasteiger partial charge in [0.05, 0.1) is 29.7 Å². The van der Waals surface area contributed by atoms with E-state index in [2.05, 4.69) is 28.1 Å². The summed E-state index contributed by atoms with van der Waals surface area (Å²) in [4.78, 5) is 15.8. The van der Waals surface area contributed by atoms with E-state index >= 15 is 0 Å². The SMILES string of the molecule is Cc1nn(-c2ccccc2)c2c1CN(C(=O)NCCc1ccccc1)[C@H](c1cccc(Cl)c1)c1cccn1-2. The zero-order chi connectivity index (χ0) is 26.1. The second-order valence-corrected chi connectivity index (χ2v) is 9.93. The topological polar surface area (TPSA) is 55.1 Å². The molecule has 6 nitrogen and oxygen atoms in total. The molecule has 5 aromatic rings. The number of fused-ring (bicyclic) bond motifs is 3. The van der Waals surface area contributed by atoms with Gasteiger partial charge in [0.2, 0.25) is 0 Å². The molecule has 0 unspecified atom stereocenters. The number of carbonyl (C=O) groups is 1. The molecule has 1 aliphatic rings. The van der Waals surface area contributed by atoms with Gasteiger partial charge in [0.25, 0.3) is 0 Å². The van der Waals surface area contributed by atoms with Gasteiger partial charge >= 0.3 is 6.03 Å². The number of benzene rings is 3. The number of para-hydroxylation sites is 1. The molecule has 7 heteroatoms. The van der Waals surface area contributed by atoms with Gasteiger partial charge in [-0.15, -0.1) is 0 Å². The normalized spacial score (nSPS) is 14.5. The highest BCUT2D eigenvalue weighted by molar-refractivity contribution is 6.30. The van der Waals surface area contributed by atoms with E-state index in [0.717, 1.165) is 40.4 Å². The van der Waals surface area contributed by atoms with Crippen LogP contribution in [-0.2, 0) is 13.0 Å². The van der Waals surface area contributed by atoms with Crippen molar-refractivity contribution in [2.45, 2.75) is 25.9 Å². The van der Waals surface area contributed by atoms with E-state index in [1.54, 1.807) is 0 Å². The van der Waals surface area contributed by atoms with Crippen LogP contribution in [0.4, 0.5) is 4.79 Å². The summed E-state index contributed by atoms with van der Waals surface area (Å²) in [6.45, 7) is 2.95. The molecule has 2 amide bonds. The van der Waals surface area contributed by atoms with Crippen molar-refractivity contribution in [2.75, 3.05) is 6.54 Å². The fraction of sp³-hybridized carbons (Fsp3) is 0.161. The lowest BCUT2D eigenvalue weighted by Crippen LogP contribution is -2.42. The second-order valence-electron chi connectivity index (χ2n) is 9.49. The minimum Gasteiger partial charge on any atom is -0.338 e. The number of hydrogen-bond acceptors (Lipinski definition) is 2. The monoisotopic (exact) mass is 521 g/mol. The largest absolute Gasteiger partial charge is 0.338 e. The van der Waals surface area contributed by atoms with Crippen LogP contribution in [0.1, 0.15) is 34.1 Å². The Labute approximate surface area is 227 Å². The van der Waals surface area contributed by atoms with Crippen molar-refractivity contribution in [3.8, 4) is 11.5 Å². The number of amides is 2. The van der Waals surface area contributed by atoms with Crippen molar-refractivity contribution < 1.29 is 4.79 Å². The highest BCUT2D eigenvalue weighted by Gasteiger charge is 2.36. The third-order valence-corrected chi connectivity index (χ3v) is 7.28. The van der Waals surface area contributed by atoms with Crippen molar-refractivity contribution in [3.63, 3.8) is 0 Å². The third-order valence-electron chi connectivity index (χ3n) is 7.04. The van der Waals surface area contributed by atoms with E-state index in [-0.39, 0.29) is 12.1 Å². The molecule has 38 heavy (non-hydrogen) atoms. The summed E-state index contributed by atoms with van der Waals surface area (Å²) in [5, 5.41) is 8.72. The van der Waals surface area contributed by atoms with Crippen LogP contribution < -0.4 is 5.32 Å². The number of nitrogens with one attached hydrogen (secondary N) is 1. The van der Waals surface area contributed by atoms with Crippen LogP contribution in [-0.4, -0.2) is 31.8 Å². The first-order valence-electron chi connectivity index (χ1n) is 12.8. The smallest absolute Gasteiger partial charge is 0.318 e. The first-order valence-corrected chi connectivity index (χ1v) is 13.1. The summed E-state index contributed by atoms with van der Waals surface area (Å²) in [5.41, 5.74) is 5.98. The van der Waals surface area contributed by atoms with E-state index in [4.69, 9.17) is 16.7 Å². The number of hydrogen-bond donors (Lipinski definition) is 1. The Morgan fingerprint density at radius 1 is 0.974 bits per heavy atom. The highest BCUT2D eigenvalue weighted by Crippen LogP contribution is 2.38. The third kappa shape index (κ3) is 4.48. The fourth-order valence-corrected chi connectivity index (χ4v) is 5.44. The van der Waals surface area contributed by atoms with Gasteiger partial charge in [0.1, 0.15) is 5.82 Å². The van der Waals surface area contributed by atoms with E-state index in [1.807, 2.05) is 102 Å². The van der Waals surface area contributed by atoms with Crippen molar-refractivity contribution in [1.82, 2.24) is 24.6 Å². The lowest BCUT2D eigenvalue weighted by molar-refractivity contribution is 0.180. The van der Waals surface area contributed by atoms with Gasteiger partial charge in [-0.3, -0.25) is 0 Å². The molecule has 1 aliphatic heterocycles. The molecule has 3 aromatic carbocycles. The van der Waals surface area contributed by atoms with Crippen LogP contribution in [0.3, 0.4) is 0 Å². The minimum atomic E-state index is -0.337. The van der Waals surface area contributed by atoms with Crippen LogP contribution in [0.25, 0.3) is 11.5 Å². The molecule has 2 aromatic heterocycles. The van der Waals surface area contributed by atoms with Crippen molar-refractivity contribution in [3.05, 3.63) is 136 Å². The molecule has 0 spiro atoms. The molecule has 1 atom stereocenters. The Kier molecular flexibility index (Phi) is 6.48. The van der Waals surface area contributed by atoms with Crippen molar-refractivity contribution >= 4 is 17.6 Å². The molecule has 6 rings (SSSR count). The summed E-state index contributed by atoms with van der Waals surface area (Å²) >= 11 is 6.44. The fourth-order valence-electron chi connectivity index (χ4n) is 5.24. The summed E-state index contributed by atoms with van der Waals surface area (Å²) in [6, 6.07) is 31.7. The number of aryl methyl sites for hydroxylation is 1. The maximum atomic E-state index is 13.9. The molecule has 0 bridgehead atoms. The van der Waals surface area contributed by atoms with Gasteiger partial charge in [0.15, 0.2) is 0 Å². The predicted molar refractivity (Wildman–Crippen MR) is 150 cm³/mol. The lowest BCUT2D eigenvalue weighted by atomic mass is 10.0. The van der Waals surface area contributed by atoms with E-state index in [0.29, 0.717) is 18.1 Å². The summed E-state index contributed by atoms with van der Waals surface area (Å²) in [5.74, 6) is 0.945. The van der Waals surface area contributed by atoms with E-state index < -0.39 is 0 Å². The number of rotatable bonds is 5.